The molecule has 1 saturated carbocycles. The molecular formula is C28H35F3O2. The van der Waals surface area contributed by atoms with E-state index in [-0.39, 0.29) is 29.7 Å². The molecular weight excluding hydrogens is 425 g/mol. The predicted octanol–water partition coefficient (Wildman–Crippen LogP) is 7.97. The van der Waals surface area contributed by atoms with Gasteiger partial charge in [0.1, 0.15) is 11.6 Å². The van der Waals surface area contributed by atoms with Gasteiger partial charge in [0.2, 0.25) is 0 Å². The molecule has 0 N–H and O–H groups in total. The van der Waals surface area contributed by atoms with Gasteiger partial charge < -0.3 is 9.47 Å². The van der Waals surface area contributed by atoms with E-state index in [2.05, 4.69) is 6.08 Å². The third kappa shape index (κ3) is 5.56. The molecule has 0 amide bonds. The second-order valence-corrected chi connectivity index (χ2v) is 9.73. The van der Waals surface area contributed by atoms with Crippen molar-refractivity contribution in [2.75, 3.05) is 14.2 Å². The van der Waals surface area contributed by atoms with Gasteiger partial charge in [-0.1, -0.05) is 29.9 Å². The fourth-order valence-electron chi connectivity index (χ4n) is 5.68. The van der Waals surface area contributed by atoms with Crippen LogP contribution in [0.4, 0.5) is 13.2 Å². The molecule has 2 nitrogen and oxygen atoms in total. The molecule has 3 atom stereocenters. The molecule has 0 saturated heterocycles. The summed E-state index contributed by atoms with van der Waals surface area (Å²) in [5.41, 5.74) is 1.76. The SMILES string of the molecule is COC1=CCC(CCC2=CCC(C3CC=C(C4CCC(OC)CC4)C(F)=C3F)C=C2)C=C1F. The van der Waals surface area contributed by atoms with E-state index in [0.717, 1.165) is 44.9 Å². The topological polar surface area (TPSA) is 18.5 Å². The van der Waals surface area contributed by atoms with Crippen molar-refractivity contribution in [2.45, 2.75) is 63.9 Å². The van der Waals surface area contributed by atoms with E-state index in [0.29, 0.717) is 24.2 Å². The smallest absolute Gasteiger partial charge is 0.161 e. The van der Waals surface area contributed by atoms with Crippen LogP contribution >= 0.6 is 0 Å². The first-order chi connectivity index (χ1) is 16.0. The minimum Gasteiger partial charge on any atom is -0.494 e. The highest BCUT2D eigenvalue weighted by atomic mass is 19.2. The highest BCUT2D eigenvalue weighted by Crippen LogP contribution is 2.44. The zero-order valence-corrected chi connectivity index (χ0v) is 19.7. The Morgan fingerprint density at radius 2 is 1.73 bits per heavy atom. The fraction of sp³-hybridized carbons (Fsp3) is 0.571. The Hall–Kier alpha value is -2.01. The van der Waals surface area contributed by atoms with Gasteiger partial charge in [-0.3, -0.25) is 0 Å². The standard InChI is InChI=1S/C28H35F3O2/c1-32-22-12-10-21(11-13-22)24-15-14-23(27(30)28(24)31)20-8-5-18(6-9-20)3-4-19-7-16-26(33-2)25(29)17-19/h5-6,8,15-17,19-23H,3-4,7,9-14H2,1-2H3. The normalized spacial score (nSPS) is 32.7. The summed E-state index contributed by atoms with van der Waals surface area (Å²) in [5, 5.41) is 0. The van der Waals surface area contributed by atoms with Crippen LogP contribution in [0.2, 0.25) is 0 Å². The molecule has 0 heterocycles. The number of halogens is 3. The number of ether oxygens (including phenoxy) is 2. The second-order valence-electron chi connectivity index (χ2n) is 9.73. The van der Waals surface area contributed by atoms with Gasteiger partial charge in [-0.25, -0.2) is 13.2 Å². The van der Waals surface area contributed by atoms with E-state index in [1.807, 2.05) is 18.2 Å². The molecule has 4 aliphatic carbocycles. The van der Waals surface area contributed by atoms with Crippen molar-refractivity contribution in [3.8, 4) is 0 Å². The van der Waals surface area contributed by atoms with Gasteiger partial charge in [0.25, 0.3) is 0 Å². The Morgan fingerprint density at radius 3 is 2.36 bits per heavy atom. The molecule has 1 fully saturated rings. The third-order valence-corrected chi connectivity index (χ3v) is 7.80. The van der Waals surface area contributed by atoms with Crippen molar-refractivity contribution < 1.29 is 22.6 Å². The zero-order chi connectivity index (χ0) is 23.4. The average Bonchev–Trinajstić information content (AvgIpc) is 2.85. The molecule has 5 heteroatoms. The minimum absolute atomic E-state index is 0.0271. The number of hydrogen-bond donors (Lipinski definition) is 0. The molecule has 0 aromatic rings. The molecule has 0 aromatic heterocycles. The molecule has 3 unspecified atom stereocenters. The summed E-state index contributed by atoms with van der Waals surface area (Å²) in [6.45, 7) is 0. The van der Waals surface area contributed by atoms with Crippen molar-refractivity contribution >= 4 is 0 Å². The van der Waals surface area contributed by atoms with E-state index in [4.69, 9.17) is 9.47 Å². The molecule has 0 spiro atoms. The molecule has 0 bridgehead atoms. The maximum atomic E-state index is 15.1. The summed E-state index contributed by atoms with van der Waals surface area (Å²) in [6, 6.07) is 0. The number of methoxy groups -OCH3 is 2. The van der Waals surface area contributed by atoms with Gasteiger partial charge >= 0.3 is 0 Å². The summed E-state index contributed by atoms with van der Waals surface area (Å²) in [5.74, 6) is -1.35. The Bertz CT molecular complexity index is 900. The summed E-state index contributed by atoms with van der Waals surface area (Å²) in [4.78, 5) is 0. The molecule has 180 valence electrons. The lowest BCUT2D eigenvalue weighted by molar-refractivity contribution is 0.0610. The first-order valence-corrected chi connectivity index (χ1v) is 12.3. The lowest BCUT2D eigenvalue weighted by Gasteiger charge is -2.33. The number of rotatable bonds is 7. The van der Waals surface area contributed by atoms with Crippen molar-refractivity contribution in [3.63, 3.8) is 0 Å². The molecule has 0 aromatic carbocycles. The maximum absolute atomic E-state index is 15.1. The van der Waals surface area contributed by atoms with Crippen molar-refractivity contribution in [1.82, 2.24) is 0 Å². The lowest BCUT2D eigenvalue weighted by atomic mass is 9.75. The lowest BCUT2D eigenvalue weighted by Crippen LogP contribution is -2.24. The predicted molar refractivity (Wildman–Crippen MR) is 125 cm³/mol. The Kier molecular flexibility index (Phi) is 8.00. The van der Waals surface area contributed by atoms with Crippen LogP contribution in [0, 0.1) is 23.7 Å². The van der Waals surface area contributed by atoms with Gasteiger partial charge in [-0.15, -0.1) is 0 Å². The van der Waals surface area contributed by atoms with E-state index < -0.39 is 17.6 Å². The van der Waals surface area contributed by atoms with Gasteiger partial charge in [0, 0.05) is 13.0 Å². The van der Waals surface area contributed by atoms with E-state index in [9.17, 15) is 4.39 Å². The highest BCUT2D eigenvalue weighted by Gasteiger charge is 2.34. The van der Waals surface area contributed by atoms with Crippen molar-refractivity contribution in [3.05, 3.63) is 70.8 Å². The summed E-state index contributed by atoms with van der Waals surface area (Å²) in [7, 11) is 3.20. The Morgan fingerprint density at radius 1 is 0.939 bits per heavy atom. The summed E-state index contributed by atoms with van der Waals surface area (Å²) in [6.07, 6.45) is 19.1. The van der Waals surface area contributed by atoms with E-state index in [1.54, 1.807) is 19.3 Å². The summed E-state index contributed by atoms with van der Waals surface area (Å²) < 4.78 is 54.4. The number of hydrogen-bond acceptors (Lipinski definition) is 2. The second kappa shape index (κ2) is 10.9. The molecule has 33 heavy (non-hydrogen) atoms. The molecule has 4 rings (SSSR count). The molecule has 0 aliphatic heterocycles. The Balaban J connectivity index is 1.29. The van der Waals surface area contributed by atoms with Crippen LogP contribution in [0.25, 0.3) is 0 Å². The van der Waals surface area contributed by atoms with Gasteiger partial charge in [-0.05, 0) is 93.3 Å². The van der Waals surface area contributed by atoms with Gasteiger partial charge in [0.05, 0.1) is 13.2 Å². The first-order valence-electron chi connectivity index (χ1n) is 12.3. The maximum Gasteiger partial charge on any atom is 0.161 e. The van der Waals surface area contributed by atoms with Gasteiger partial charge in [-0.2, -0.15) is 0 Å². The van der Waals surface area contributed by atoms with Crippen LogP contribution < -0.4 is 0 Å². The quantitative estimate of drug-likeness (QED) is 0.383. The van der Waals surface area contributed by atoms with Crippen molar-refractivity contribution in [2.24, 2.45) is 23.7 Å². The van der Waals surface area contributed by atoms with Crippen LogP contribution in [-0.2, 0) is 9.47 Å². The molecule has 0 radical (unpaired) electrons. The zero-order valence-electron chi connectivity index (χ0n) is 19.7. The monoisotopic (exact) mass is 460 g/mol. The van der Waals surface area contributed by atoms with E-state index >= 15 is 8.78 Å². The Labute approximate surface area is 195 Å². The van der Waals surface area contributed by atoms with Crippen LogP contribution in [0.5, 0.6) is 0 Å². The first kappa shape index (κ1) is 24.1. The fourth-order valence-corrected chi connectivity index (χ4v) is 5.68. The molecule has 4 aliphatic rings. The van der Waals surface area contributed by atoms with Crippen LogP contribution in [0.3, 0.4) is 0 Å². The van der Waals surface area contributed by atoms with Crippen LogP contribution in [-0.4, -0.2) is 20.3 Å². The minimum atomic E-state index is -0.620. The van der Waals surface area contributed by atoms with E-state index in [1.165, 1.54) is 12.7 Å². The van der Waals surface area contributed by atoms with Crippen LogP contribution in [0.15, 0.2) is 70.8 Å². The average molecular weight is 461 g/mol. The summed E-state index contributed by atoms with van der Waals surface area (Å²) >= 11 is 0. The third-order valence-electron chi connectivity index (χ3n) is 7.80. The number of allylic oxidation sites excluding steroid dienone is 11. The van der Waals surface area contributed by atoms with Crippen molar-refractivity contribution in [1.29, 1.82) is 0 Å². The largest absolute Gasteiger partial charge is 0.494 e. The van der Waals surface area contributed by atoms with Crippen LogP contribution in [0.1, 0.15) is 57.8 Å². The highest BCUT2D eigenvalue weighted by molar-refractivity contribution is 5.37. The van der Waals surface area contributed by atoms with Gasteiger partial charge in [0.15, 0.2) is 11.7 Å².